The molecule has 0 aliphatic heterocycles. The van der Waals surface area contributed by atoms with Crippen LogP contribution in [0.2, 0.25) is 0 Å². The normalized spacial score (nSPS) is 11.3. The number of nitrogens with zero attached hydrogens (tertiary/aromatic N) is 2. The maximum atomic E-state index is 12.7. The summed E-state index contributed by atoms with van der Waals surface area (Å²) in [5.41, 5.74) is 0.611. The van der Waals surface area contributed by atoms with Crippen LogP contribution in [-0.2, 0) is 19.3 Å². The van der Waals surface area contributed by atoms with Gasteiger partial charge < -0.3 is 19.6 Å². The first kappa shape index (κ1) is 21.2. The lowest BCUT2D eigenvalue weighted by Gasteiger charge is -2.10. The molecule has 0 aliphatic carbocycles. The SMILES string of the molecule is O=C(NCc1ccco1)c1ccccc1NCc1nc(-c2ccc(C(F)(F)F)cc2)no1. The summed E-state index contributed by atoms with van der Waals surface area (Å²) in [5.74, 6) is 0.719. The lowest BCUT2D eigenvalue weighted by Crippen LogP contribution is -2.23. The summed E-state index contributed by atoms with van der Waals surface area (Å²) in [7, 11) is 0. The highest BCUT2D eigenvalue weighted by Gasteiger charge is 2.30. The van der Waals surface area contributed by atoms with E-state index in [0.29, 0.717) is 22.6 Å². The van der Waals surface area contributed by atoms with Gasteiger partial charge in [-0.2, -0.15) is 18.2 Å². The second kappa shape index (κ2) is 8.96. The van der Waals surface area contributed by atoms with Crippen LogP contribution in [0.3, 0.4) is 0 Å². The molecule has 2 aromatic heterocycles. The van der Waals surface area contributed by atoms with Gasteiger partial charge in [-0.05, 0) is 36.4 Å². The number of nitrogens with one attached hydrogen (secondary N) is 2. The minimum Gasteiger partial charge on any atom is -0.467 e. The topological polar surface area (TPSA) is 93.2 Å². The average Bonchev–Trinajstić information content (AvgIpc) is 3.48. The molecule has 4 rings (SSSR count). The van der Waals surface area contributed by atoms with E-state index in [0.717, 1.165) is 12.1 Å². The van der Waals surface area contributed by atoms with Crippen molar-refractivity contribution in [3.05, 3.63) is 89.7 Å². The highest BCUT2D eigenvalue weighted by molar-refractivity contribution is 5.99. The van der Waals surface area contributed by atoms with E-state index >= 15 is 0 Å². The van der Waals surface area contributed by atoms with Crippen molar-refractivity contribution in [3.8, 4) is 11.4 Å². The van der Waals surface area contributed by atoms with Gasteiger partial charge in [0.05, 0.1) is 30.5 Å². The number of para-hydroxylation sites is 1. The lowest BCUT2D eigenvalue weighted by molar-refractivity contribution is -0.137. The Morgan fingerprint density at radius 3 is 2.47 bits per heavy atom. The van der Waals surface area contributed by atoms with Crippen molar-refractivity contribution in [1.82, 2.24) is 15.5 Å². The minimum absolute atomic E-state index is 0.121. The second-order valence-electron chi connectivity index (χ2n) is 6.75. The molecule has 0 aliphatic rings. The largest absolute Gasteiger partial charge is 0.467 e. The Bertz CT molecular complexity index is 1190. The summed E-state index contributed by atoms with van der Waals surface area (Å²) in [6.45, 7) is 0.371. The highest BCUT2D eigenvalue weighted by Crippen LogP contribution is 2.30. The molecule has 2 N–H and O–H groups in total. The summed E-state index contributed by atoms with van der Waals surface area (Å²) >= 11 is 0. The van der Waals surface area contributed by atoms with Crippen LogP contribution in [-0.4, -0.2) is 16.0 Å². The first-order chi connectivity index (χ1) is 15.4. The second-order valence-corrected chi connectivity index (χ2v) is 6.75. The molecular weight excluding hydrogens is 425 g/mol. The van der Waals surface area contributed by atoms with Gasteiger partial charge in [0.2, 0.25) is 11.7 Å². The minimum atomic E-state index is -4.41. The third-order valence-corrected chi connectivity index (χ3v) is 4.54. The van der Waals surface area contributed by atoms with E-state index in [1.54, 1.807) is 36.4 Å². The van der Waals surface area contributed by atoms with E-state index in [1.165, 1.54) is 18.4 Å². The summed E-state index contributed by atoms with van der Waals surface area (Å²) < 4.78 is 48.5. The van der Waals surface area contributed by atoms with Gasteiger partial charge in [0.15, 0.2) is 0 Å². The van der Waals surface area contributed by atoms with Gasteiger partial charge >= 0.3 is 6.18 Å². The van der Waals surface area contributed by atoms with E-state index < -0.39 is 11.7 Å². The molecule has 4 aromatic rings. The number of furan rings is 1. The molecule has 0 atom stereocenters. The number of anilines is 1. The number of halogens is 3. The molecular formula is C22H17F3N4O3. The molecule has 32 heavy (non-hydrogen) atoms. The molecule has 7 nitrogen and oxygen atoms in total. The summed E-state index contributed by atoms with van der Waals surface area (Å²) in [6, 6.07) is 14.9. The Kier molecular flexibility index (Phi) is 5.93. The number of alkyl halides is 3. The average molecular weight is 442 g/mol. The molecule has 0 saturated carbocycles. The lowest BCUT2D eigenvalue weighted by atomic mass is 10.1. The number of hydrogen-bond acceptors (Lipinski definition) is 6. The Morgan fingerprint density at radius 2 is 1.75 bits per heavy atom. The fourth-order valence-electron chi connectivity index (χ4n) is 2.93. The smallest absolute Gasteiger partial charge is 0.416 e. The first-order valence-corrected chi connectivity index (χ1v) is 9.54. The molecule has 0 bridgehead atoms. The van der Waals surface area contributed by atoms with Crippen LogP contribution in [0.1, 0.15) is 27.6 Å². The Balaban J connectivity index is 1.40. The van der Waals surface area contributed by atoms with Gasteiger partial charge in [-0.25, -0.2) is 0 Å². The van der Waals surface area contributed by atoms with Gasteiger partial charge in [0, 0.05) is 11.3 Å². The van der Waals surface area contributed by atoms with Crippen molar-refractivity contribution in [2.24, 2.45) is 0 Å². The molecule has 2 heterocycles. The first-order valence-electron chi connectivity index (χ1n) is 9.54. The van der Waals surface area contributed by atoms with Crippen LogP contribution in [0, 0.1) is 0 Å². The van der Waals surface area contributed by atoms with Crippen molar-refractivity contribution in [2.75, 3.05) is 5.32 Å². The van der Waals surface area contributed by atoms with Crippen LogP contribution < -0.4 is 10.6 Å². The molecule has 1 amide bonds. The standard InChI is InChI=1S/C22H17F3N4O3/c23-22(24,25)15-9-7-14(8-10-15)20-28-19(32-29-20)13-26-18-6-2-1-5-17(18)21(30)27-12-16-4-3-11-31-16/h1-11,26H,12-13H2,(H,27,30). The van der Waals surface area contributed by atoms with Crippen LogP contribution >= 0.6 is 0 Å². The molecule has 0 unspecified atom stereocenters. The molecule has 164 valence electrons. The Hall–Kier alpha value is -4.08. The van der Waals surface area contributed by atoms with Crippen molar-refractivity contribution < 1.29 is 26.9 Å². The Labute approximate surface area is 180 Å². The number of carbonyl (C=O) groups is 1. The summed E-state index contributed by atoms with van der Waals surface area (Å²) in [5, 5.41) is 9.65. The van der Waals surface area contributed by atoms with Gasteiger partial charge in [-0.1, -0.05) is 29.4 Å². The molecule has 2 aromatic carbocycles. The highest BCUT2D eigenvalue weighted by atomic mass is 19.4. The van der Waals surface area contributed by atoms with Gasteiger partial charge in [-0.15, -0.1) is 0 Å². The zero-order valence-electron chi connectivity index (χ0n) is 16.5. The van der Waals surface area contributed by atoms with Gasteiger partial charge in [0.1, 0.15) is 5.76 Å². The van der Waals surface area contributed by atoms with Gasteiger partial charge in [0.25, 0.3) is 5.91 Å². The number of aromatic nitrogens is 2. The van der Waals surface area contributed by atoms with Crippen LogP contribution in [0.15, 0.2) is 75.9 Å². The van der Waals surface area contributed by atoms with Crippen LogP contribution in [0.25, 0.3) is 11.4 Å². The molecule has 10 heteroatoms. The third-order valence-electron chi connectivity index (χ3n) is 4.54. The predicted octanol–water partition coefficient (Wildman–Crippen LogP) is 4.89. The van der Waals surface area contributed by atoms with Crippen molar-refractivity contribution >= 4 is 11.6 Å². The van der Waals surface area contributed by atoms with E-state index in [9.17, 15) is 18.0 Å². The fourth-order valence-corrected chi connectivity index (χ4v) is 2.93. The molecule has 0 saturated heterocycles. The Morgan fingerprint density at radius 1 is 0.969 bits per heavy atom. The van der Waals surface area contributed by atoms with Crippen molar-refractivity contribution in [3.63, 3.8) is 0 Å². The number of amides is 1. The predicted molar refractivity (Wildman–Crippen MR) is 108 cm³/mol. The maximum absolute atomic E-state index is 12.7. The van der Waals surface area contributed by atoms with E-state index in [1.807, 2.05) is 0 Å². The van der Waals surface area contributed by atoms with Gasteiger partial charge in [-0.3, -0.25) is 4.79 Å². The number of rotatable bonds is 7. The summed E-state index contributed by atoms with van der Waals surface area (Å²) in [6.07, 6.45) is -2.89. The molecule has 0 fully saturated rings. The third kappa shape index (κ3) is 4.97. The monoisotopic (exact) mass is 442 g/mol. The van der Waals surface area contributed by atoms with Crippen LogP contribution in [0.4, 0.5) is 18.9 Å². The van der Waals surface area contributed by atoms with E-state index in [4.69, 9.17) is 8.94 Å². The number of carbonyl (C=O) groups excluding carboxylic acids is 1. The quantitative estimate of drug-likeness (QED) is 0.423. The maximum Gasteiger partial charge on any atom is 0.416 e. The zero-order chi connectivity index (χ0) is 22.6. The van der Waals surface area contributed by atoms with Crippen molar-refractivity contribution in [1.29, 1.82) is 0 Å². The molecule has 0 spiro atoms. The zero-order valence-corrected chi connectivity index (χ0v) is 16.5. The van der Waals surface area contributed by atoms with E-state index in [2.05, 4.69) is 20.8 Å². The van der Waals surface area contributed by atoms with Crippen LogP contribution in [0.5, 0.6) is 0 Å². The van der Waals surface area contributed by atoms with E-state index in [-0.39, 0.29) is 30.7 Å². The molecule has 0 radical (unpaired) electrons. The number of benzene rings is 2. The number of hydrogen-bond donors (Lipinski definition) is 2. The summed E-state index contributed by atoms with van der Waals surface area (Å²) in [4.78, 5) is 16.7. The fraction of sp³-hybridized carbons (Fsp3) is 0.136. The van der Waals surface area contributed by atoms with Crippen molar-refractivity contribution in [2.45, 2.75) is 19.3 Å².